The van der Waals surface area contributed by atoms with Crippen molar-refractivity contribution < 1.29 is 8.42 Å². The van der Waals surface area contributed by atoms with Gasteiger partial charge in [-0.15, -0.1) is 0 Å². The summed E-state index contributed by atoms with van der Waals surface area (Å²) in [6, 6.07) is 1.68. The molecule has 1 aliphatic heterocycles. The van der Waals surface area contributed by atoms with Crippen LogP contribution in [0.5, 0.6) is 0 Å². The Morgan fingerprint density at radius 2 is 2.08 bits per heavy atom. The van der Waals surface area contributed by atoms with E-state index < -0.39 is 9.84 Å². The number of hydrogen-bond acceptors (Lipinski definition) is 8. The summed E-state index contributed by atoms with van der Waals surface area (Å²) in [5.41, 5.74) is 0.671. The lowest BCUT2D eigenvalue weighted by Crippen LogP contribution is -2.44. The van der Waals surface area contributed by atoms with Gasteiger partial charge in [0.05, 0.1) is 17.5 Å². The van der Waals surface area contributed by atoms with Crippen LogP contribution in [0.4, 0.5) is 11.8 Å². The summed E-state index contributed by atoms with van der Waals surface area (Å²) in [7, 11) is -3.05. The highest BCUT2D eigenvalue weighted by atomic mass is 35.5. The van der Waals surface area contributed by atoms with Crippen molar-refractivity contribution in [2.75, 3.05) is 54.9 Å². The van der Waals surface area contributed by atoms with Crippen molar-refractivity contribution in [1.82, 2.24) is 20.3 Å². The van der Waals surface area contributed by atoms with Crippen molar-refractivity contribution in [2.45, 2.75) is 0 Å². The number of fused-ring (bicyclic) bond motifs is 1. The number of nitrogens with zero attached hydrogens (tertiary/aromatic N) is 4. The van der Waals surface area contributed by atoms with E-state index in [1.54, 1.807) is 12.3 Å². The Balaban J connectivity index is 1.94. The van der Waals surface area contributed by atoms with Crippen molar-refractivity contribution in [3.8, 4) is 0 Å². The molecule has 1 saturated heterocycles. The molecule has 0 spiro atoms. The van der Waals surface area contributed by atoms with E-state index in [2.05, 4.69) is 30.5 Å². The fourth-order valence-electron chi connectivity index (χ4n) is 2.49. The van der Waals surface area contributed by atoms with Crippen molar-refractivity contribution in [3.05, 3.63) is 17.4 Å². The number of halogens is 1. The van der Waals surface area contributed by atoms with Crippen molar-refractivity contribution in [3.63, 3.8) is 0 Å². The summed E-state index contributed by atoms with van der Waals surface area (Å²) in [5, 5.41) is 7.44. The molecule has 1 fully saturated rings. The van der Waals surface area contributed by atoms with Crippen LogP contribution in [-0.2, 0) is 9.84 Å². The number of anilines is 2. The van der Waals surface area contributed by atoms with Crippen molar-refractivity contribution in [2.24, 2.45) is 0 Å². The predicted octanol–water partition coefficient (Wildman–Crippen LogP) is 0.544. The van der Waals surface area contributed by atoms with Crippen LogP contribution in [0, 0.1) is 0 Å². The second kappa shape index (κ2) is 7.04. The Kier molecular flexibility index (Phi) is 5.02. The zero-order valence-corrected chi connectivity index (χ0v) is 14.9. The Morgan fingerprint density at radius 3 is 2.79 bits per heavy atom. The van der Waals surface area contributed by atoms with Gasteiger partial charge in [-0.05, 0) is 6.07 Å². The number of sulfone groups is 1. The number of piperazine rings is 1. The third-order valence-corrected chi connectivity index (χ3v) is 4.85. The van der Waals surface area contributed by atoms with E-state index in [4.69, 9.17) is 11.6 Å². The highest BCUT2D eigenvalue weighted by Gasteiger charge is 2.16. The maximum absolute atomic E-state index is 11.3. The van der Waals surface area contributed by atoms with Crippen LogP contribution in [0.15, 0.2) is 12.3 Å². The first-order valence-corrected chi connectivity index (χ1v) is 10.1. The van der Waals surface area contributed by atoms with Crippen molar-refractivity contribution >= 4 is 44.1 Å². The first kappa shape index (κ1) is 17.1. The standard InChI is InChI=1S/C14H19ClN6O2S/c1-24(22,23)7-4-17-13-10-8-12(15)18-9-11(10)19-14(20-13)21-5-2-16-3-6-21/h8-9,16H,2-7H2,1H3,(H,17,19,20). The summed E-state index contributed by atoms with van der Waals surface area (Å²) in [5.74, 6) is 1.21. The van der Waals surface area contributed by atoms with Gasteiger partial charge in [0.1, 0.15) is 20.8 Å². The van der Waals surface area contributed by atoms with Gasteiger partial charge in [-0.2, -0.15) is 4.98 Å². The van der Waals surface area contributed by atoms with Crippen LogP contribution in [0.1, 0.15) is 0 Å². The third-order valence-electron chi connectivity index (χ3n) is 3.70. The summed E-state index contributed by atoms with van der Waals surface area (Å²) in [6.45, 7) is 3.64. The van der Waals surface area contributed by atoms with Crippen LogP contribution >= 0.6 is 11.6 Å². The van der Waals surface area contributed by atoms with E-state index in [0.717, 1.165) is 31.6 Å². The van der Waals surface area contributed by atoms with E-state index in [9.17, 15) is 8.42 Å². The van der Waals surface area contributed by atoms with Gasteiger partial charge in [-0.3, -0.25) is 0 Å². The average Bonchev–Trinajstić information content (AvgIpc) is 2.54. The maximum Gasteiger partial charge on any atom is 0.228 e. The topological polar surface area (TPSA) is 100 Å². The number of nitrogens with one attached hydrogen (secondary N) is 2. The molecule has 0 aromatic carbocycles. The molecule has 0 amide bonds. The summed E-state index contributed by atoms with van der Waals surface area (Å²) in [6.07, 6.45) is 2.81. The van der Waals surface area contributed by atoms with E-state index in [-0.39, 0.29) is 12.3 Å². The molecule has 0 saturated carbocycles. The monoisotopic (exact) mass is 370 g/mol. The summed E-state index contributed by atoms with van der Waals surface area (Å²) < 4.78 is 22.7. The SMILES string of the molecule is CS(=O)(=O)CCNc1nc(N2CCNCC2)nc2cnc(Cl)cc12. The Labute approximate surface area is 145 Å². The highest BCUT2D eigenvalue weighted by Crippen LogP contribution is 2.25. The van der Waals surface area contributed by atoms with E-state index in [1.165, 1.54) is 6.26 Å². The Hall–Kier alpha value is -1.71. The van der Waals surface area contributed by atoms with Crippen LogP contribution in [0.25, 0.3) is 10.9 Å². The van der Waals surface area contributed by atoms with Gasteiger partial charge in [-0.1, -0.05) is 11.6 Å². The minimum Gasteiger partial charge on any atom is -0.368 e. The van der Waals surface area contributed by atoms with Gasteiger partial charge in [0.15, 0.2) is 0 Å². The molecule has 10 heteroatoms. The fraction of sp³-hybridized carbons (Fsp3) is 0.500. The van der Waals surface area contributed by atoms with Gasteiger partial charge in [0.25, 0.3) is 0 Å². The molecule has 24 heavy (non-hydrogen) atoms. The molecule has 3 heterocycles. The molecule has 0 aliphatic carbocycles. The molecule has 0 atom stereocenters. The smallest absolute Gasteiger partial charge is 0.228 e. The van der Waals surface area contributed by atoms with Gasteiger partial charge >= 0.3 is 0 Å². The molecule has 8 nitrogen and oxygen atoms in total. The molecule has 0 radical (unpaired) electrons. The largest absolute Gasteiger partial charge is 0.368 e. The van der Waals surface area contributed by atoms with Crippen LogP contribution in [0.3, 0.4) is 0 Å². The predicted molar refractivity (Wildman–Crippen MR) is 95.6 cm³/mol. The lowest BCUT2D eigenvalue weighted by Gasteiger charge is -2.28. The second-order valence-electron chi connectivity index (χ2n) is 5.69. The number of hydrogen-bond donors (Lipinski definition) is 2. The average molecular weight is 371 g/mol. The lowest BCUT2D eigenvalue weighted by atomic mass is 10.3. The number of pyridine rings is 1. The maximum atomic E-state index is 11.3. The van der Waals surface area contributed by atoms with E-state index >= 15 is 0 Å². The van der Waals surface area contributed by atoms with E-state index in [1.807, 2.05) is 0 Å². The molecule has 2 aromatic rings. The molecule has 0 bridgehead atoms. The van der Waals surface area contributed by atoms with Gasteiger partial charge in [0, 0.05) is 44.4 Å². The quantitative estimate of drug-likeness (QED) is 0.736. The molecule has 130 valence electrons. The van der Waals surface area contributed by atoms with Crippen molar-refractivity contribution in [1.29, 1.82) is 0 Å². The normalized spacial score (nSPS) is 15.7. The van der Waals surface area contributed by atoms with Crippen LogP contribution in [0.2, 0.25) is 5.15 Å². The lowest BCUT2D eigenvalue weighted by molar-refractivity contribution is 0.580. The zero-order valence-electron chi connectivity index (χ0n) is 13.3. The molecule has 0 unspecified atom stereocenters. The first-order valence-electron chi connectivity index (χ1n) is 7.63. The van der Waals surface area contributed by atoms with Gasteiger partial charge in [-0.25, -0.2) is 18.4 Å². The van der Waals surface area contributed by atoms with Crippen LogP contribution in [-0.4, -0.2) is 68.1 Å². The highest BCUT2D eigenvalue weighted by molar-refractivity contribution is 7.90. The molecule has 2 aromatic heterocycles. The fourth-order valence-corrected chi connectivity index (χ4v) is 3.12. The number of rotatable bonds is 5. The van der Waals surface area contributed by atoms with Gasteiger partial charge in [0.2, 0.25) is 5.95 Å². The third kappa shape index (κ3) is 4.22. The van der Waals surface area contributed by atoms with Gasteiger partial charge < -0.3 is 15.5 Å². The summed E-state index contributed by atoms with van der Waals surface area (Å²) >= 11 is 5.98. The van der Waals surface area contributed by atoms with Crippen LogP contribution < -0.4 is 15.5 Å². The zero-order chi connectivity index (χ0) is 17.2. The molecule has 3 rings (SSSR count). The minimum absolute atomic E-state index is 0.0281. The molecular weight excluding hydrogens is 352 g/mol. The minimum atomic E-state index is -3.05. The Morgan fingerprint density at radius 1 is 1.33 bits per heavy atom. The Bertz CT molecular complexity index is 839. The first-order chi connectivity index (χ1) is 11.4. The molecule has 2 N–H and O–H groups in total. The molecular formula is C14H19ClN6O2S. The summed E-state index contributed by atoms with van der Waals surface area (Å²) in [4.78, 5) is 15.3. The van der Waals surface area contributed by atoms with E-state index in [0.29, 0.717) is 22.4 Å². The number of aromatic nitrogens is 3. The second-order valence-corrected chi connectivity index (χ2v) is 8.34. The molecule has 1 aliphatic rings.